The van der Waals surface area contributed by atoms with Crippen molar-refractivity contribution >= 4 is 11.5 Å². The third-order valence-corrected chi connectivity index (χ3v) is 4.46. The molecule has 0 radical (unpaired) electrons. The molecule has 1 aliphatic rings. The Labute approximate surface area is 126 Å². The van der Waals surface area contributed by atoms with Crippen LogP contribution in [0.25, 0.3) is 11.3 Å². The number of aromatic nitrogens is 2. The second kappa shape index (κ2) is 4.72. The molecule has 0 saturated heterocycles. The van der Waals surface area contributed by atoms with Gasteiger partial charge in [-0.1, -0.05) is 26.0 Å². The molecule has 0 fully saturated rings. The number of hydrogen-bond donors (Lipinski definition) is 1. The van der Waals surface area contributed by atoms with E-state index in [1.165, 1.54) is 16.8 Å². The first-order valence-electron chi connectivity index (χ1n) is 7.40. The lowest BCUT2D eigenvalue weighted by molar-refractivity contribution is 0.514. The van der Waals surface area contributed by atoms with E-state index in [-0.39, 0.29) is 5.41 Å². The molecule has 1 heterocycles. The van der Waals surface area contributed by atoms with Gasteiger partial charge in [0.15, 0.2) is 0 Å². The van der Waals surface area contributed by atoms with Crippen molar-refractivity contribution in [2.45, 2.75) is 32.6 Å². The molecule has 1 aromatic carbocycles. The monoisotopic (exact) mass is 282 g/mol. The average molecular weight is 282 g/mol. The Hall–Kier alpha value is -2.10. The van der Waals surface area contributed by atoms with Crippen LogP contribution in [0.15, 0.2) is 24.5 Å². The smallest absolute Gasteiger partial charge is 0.131 e. The molecule has 21 heavy (non-hydrogen) atoms. The fourth-order valence-electron chi connectivity index (χ4n) is 3.31. The van der Waals surface area contributed by atoms with Crippen LogP contribution in [0.2, 0.25) is 0 Å². The van der Waals surface area contributed by atoms with E-state index in [2.05, 4.69) is 60.9 Å². The minimum absolute atomic E-state index is 0.0572. The van der Waals surface area contributed by atoms with Gasteiger partial charge in [0, 0.05) is 30.4 Å². The van der Waals surface area contributed by atoms with Gasteiger partial charge in [-0.25, -0.2) is 9.97 Å². The van der Waals surface area contributed by atoms with Gasteiger partial charge < -0.3 is 10.6 Å². The molecule has 0 saturated carbocycles. The fourth-order valence-corrected chi connectivity index (χ4v) is 3.31. The van der Waals surface area contributed by atoms with Crippen LogP contribution >= 0.6 is 0 Å². The predicted octanol–water partition coefficient (Wildman–Crippen LogP) is 3.02. The molecule has 4 heteroatoms. The molecule has 2 aromatic rings. The third-order valence-electron chi connectivity index (χ3n) is 4.46. The van der Waals surface area contributed by atoms with Crippen molar-refractivity contribution in [3.63, 3.8) is 0 Å². The second-order valence-corrected chi connectivity index (χ2v) is 6.36. The molecule has 0 spiro atoms. The molecule has 4 nitrogen and oxygen atoms in total. The van der Waals surface area contributed by atoms with Gasteiger partial charge in [0.1, 0.15) is 12.1 Å². The van der Waals surface area contributed by atoms with Gasteiger partial charge in [0.2, 0.25) is 0 Å². The Bertz CT molecular complexity index is 691. The highest BCUT2D eigenvalue weighted by Gasteiger charge is 2.35. The normalized spacial score (nSPS) is 15.2. The fraction of sp³-hybridized carbons (Fsp3) is 0.412. The van der Waals surface area contributed by atoms with Crippen LogP contribution in [-0.2, 0) is 11.8 Å². The maximum absolute atomic E-state index is 6.14. The van der Waals surface area contributed by atoms with Crippen LogP contribution < -0.4 is 10.6 Å². The number of rotatable bonds is 2. The maximum atomic E-state index is 6.14. The Morgan fingerprint density at radius 3 is 2.76 bits per heavy atom. The van der Waals surface area contributed by atoms with Crippen LogP contribution in [0.1, 0.15) is 31.9 Å². The summed E-state index contributed by atoms with van der Waals surface area (Å²) in [4.78, 5) is 11.0. The van der Waals surface area contributed by atoms with Gasteiger partial charge in [-0.3, -0.25) is 0 Å². The van der Waals surface area contributed by atoms with Gasteiger partial charge in [-0.2, -0.15) is 0 Å². The molecule has 1 aliphatic carbocycles. The summed E-state index contributed by atoms with van der Waals surface area (Å²) >= 11 is 0. The summed E-state index contributed by atoms with van der Waals surface area (Å²) in [5.74, 6) is 0.602. The number of nitrogen functional groups attached to an aromatic ring is 1. The number of nitrogens with two attached hydrogens (primary N) is 1. The first-order chi connectivity index (χ1) is 9.95. The molecule has 110 valence electrons. The third kappa shape index (κ3) is 2.06. The Kier molecular flexibility index (Phi) is 3.12. The standard InChI is InChI=1S/C17H22N4/c1-5-21(4)13-8-6-7-11-12(13)9-17(2,3)14-15(11)19-10-20-16(14)18/h6-8,10H,5,9H2,1-4H3,(H2,18,19,20). The lowest BCUT2D eigenvalue weighted by Crippen LogP contribution is -2.30. The molecule has 0 atom stereocenters. The maximum Gasteiger partial charge on any atom is 0.131 e. The SMILES string of the molecule is CCN(C)c1cccc2c1CC(C)(C)c1c(N)ncnc1-2. The first kappa shape index (κ1) is 13.9. The Morgan fingerprint density at radius 2 is 2.05 bits per heavy atom. The zero-order valence-electron chi connectivity index (χ0n) is 13.1. The highest BCUT2D eigenvalue weighted by atomic mass is 15.1. The van der Waals surface area contributed by atoms with Crippen molar-refractivity contribution < 1.29 is 0 Å². The van der Waals surface area contributed by atoms with Gasteiger partial charge >= 0.3 is 0 Å². The minimum Gasteiger partial charge on any atom is -0.383 e. The molecule has 3 rings (SSSR count). The zero-order valence-corrected chi connectivity index (χ0v) is 13.1. The van der Waals surface area contributed by atoms with E-state index in [1.807, 2.05) is 0 Å². The van der Waals surface area contributed by atoms with E-state index in [0.717, 1.165) is 24.2 Å². The summed E-state index contributed by atoms with van der Waals surface area (Å²) in [6.45, 7) is 7.59. The molecular weight excluding hydrogens is 260 g/mol. The Balaban J connectivity index is 2.30. The Morgan fingerprint density at radius 1 is 1.29 bits per heavy atom. The first-order valence-corrected chi connectivity index (χ1v) is 7.40. The molecule has 1 aromatic heterocycles. The highest BCUT2D eigenvalue weighted by Crippen LogP contribution is 2.46. The summed E-state index contributed by atoms with van der Waals surface area (Å²) in [5.41, 5.74) is 12.0. The summed E-state index contributed by atoms with van der Waals surface area (Å²) in [7, 11) is 2.13. The number of benzene rings is 1. The van der Waals surface area contributed by atoms with Crippen LogP contribution in [0.5, 0.6) is 0 Å². The number of anilines is 2. The number of nitrogens with zero attached hydrogens (tertiary/aromatic N) is 3. The number of hydrogen-bond acceptors (Lipinski definition) is 4. The van der Waals surface area contributed by atoms with Crippen LogP contribution in [0.4, 0.5) is 11.5 Å². The molecule has 0 unspecified atom stereocenters. The lowest BCUT2D eigenvalue weighted by Gasteiger charge is -2.36. The second-order valence-electron chi connectivity index (χ2n) is 6.36. The van der Waals surface area contributed by atoms with E-state index in [0.29, 0.717) is 5.82 Å². The molecular formula is C17H22N4. The van der Waals surface area contributed by atoms with E-state index in [1.54, 1.807) is 6.33 Å². The van der Waals surface area contributed by atoms with Crippen molar-refractivity contribution in [1.82, 2.24) is 9.97 Å². The van der Waals surface area contributed by atoms with Crippen molar-refractivity contribution in [3.8, 4) is 11.3 Å². The van der Waals surface area contributed by atoms with Crippen molar-refractivity contribution in [1.29, 1.82) is 0 Å². The van der Waals surface area contributed by atoms with Crippen LogP contribution in [0, 0.1) is 0 Å². The molecule has 0 aliphatic heterocycles. The van der Waals surface area contributed by atoms with Gasteiger partial charge in [0.05, 0.1) is 5.69 Å². The molecule has 0 amide bonds. The van der Waals surface area contributed by atoms with E-state index >= 15 is 0 Å². The quantitative estimate of drug-likeness (QED) is 0.920. The largest absolute Gasteiger partial charge is 0.383 e. The van der Waals surface area contributed by atoms with Crippen LogP contribution in [-0.4, -0.2) is 23.6 Å². The average Bonchev–Trinajstić information content (AvgIpc) is 2.45. The summed E-state index contributed by atoms with van der Waals surface area (Å²) < 4.78 is 0. The van der Waals surface area contributed by atoms with Gasteiger partial charge in [0.25, 0.3) is 0 Å². The zero-order chi connectivity index (χ0) is 15.2. The summed E-state index contributed by atoms with van der Waals surface area (Å²) in [6.07, 6.45) is 2.52. The summed E-state index contributed by atoms with van der Waals surface area (Å²) in [6, 6.07) is 6.43. The highest BCUT2D eigenvalue weighted by molar-refractivity contribution is 5.80. The van der Waals surface area contributed by atoms with E-state index < -0.39 is 0 Å². The lowest BCUT2D eigenvalue weighted by atomic mass is 9.71. The van der Waals surface area contributed by atoms with E-state index in [9.17, 15) is 0 Å². The van der Waals surface area contributed by atoms with Crippen LogP contribution in [0.3, 0.4) is 0 Å². The van der Waals surface area contributed by atoms with Crippen molar-refractivity contribution in [2.24, 2.45) is 0 Å². The number of fused-ring (bicyclic) bond motifs is 3. The van der Waals surface area contributed by atoms with Crippen molar-refractivity contribution in [2.75, 3.05) is 24.2 Å². The topological polar surface area (TPSA) is 55.0 Å². The molecule has 2 N–H and O–H groups in total. The predicted molar refractivity (Wildman–Crippen MR) is 87.6 cm³/mol. The van der Waals surface area contributed by atoms with Crippen molar-refractivity contribution in [3.05, 3.63) is 35.7 Å². The van der Waals surface area contributed by atoms with Gasteiger partial charge in [-0.05, 0) is 30.4 Å². The van der Waals surface area contributed by atoms with E-state index in [4.69, 9.17) is 5.73 Å². The summed E-state index contributed by atoms with van der Waals surface area (Å²) in [5, 5.41) is 0. The van der Waals surface area contributed by atoms with Gasteiger partial charge in [-0.15, -0.1) is 0 Å². The molecule has 0 bridgehead atoms. The minimum atomic E-state index is -0.0572.